The number of hydrogen-bond acceptors (Lipinski definition) is 5. The predicted molar refractivity (Wildman–Crippen MR) is 63.5 cm³/mol. The predicted octanol–water partition coefficient (Wildman–Crippen LogP) is -0.0760. The molecule has 5 atom stereocenters. The molecule has 2 heterocycles. The number of nitrogens with one attached hydrogen (secondary N) is 1. The number of aliphatic hydroxyl groups excluding tert-OH is 2. The van der Waals surface area contributed by atoms with Crippen molar-refractivity contribution in [3.8, 4) is 0 Å². The third-order valence-corrected chi connectivity index (χ3v) is 3.95. The van der Waals surface area contributed by atoms with Crippen LogP contribution in [-0.4, -0.2) is 51.7 Å². The third-order valence-electron chi connectivity index (χ3n) is 2.81. The van der Waals surface area contributed by atoms with Gasteiger partial charge in [-0.05, 0) is 20.3 Å². The van der Waals surface area contributed by atoms with Crippen molar-refractivity contribution in [2.45, 2.75) is 50.1 Å². The Bertz CT molecular complexity index is 285. The Balaban J connectivity index is 2.02. The van der Waals surface area contributed by atoms with Crippen LogP contribution < -0.4 is 5.32 Å². The highest BCUT2D eigenvalue weighted by atomic mass is 32.2. The lowest BCUT2D eigenvalue weighted by atomic mass is 9.98. The van der Waals surface area contributed by atoms with Gasteiger partial charge in [-0.25, -0.2) is 0 Å². The summed E-state index contributed by atoms with van der Waals surface area (Å²) in [5.41, 5.74) is -0.0479. The maximum atomic E-state index is 9.83. The van der Waals surface area contributed by atoms with E-state index in [0.717, 1.165) is 11.7 Å². The normalized spacial score (nSPS) is 42.9. The number of rotatable bonds is 2. The molecule has 6 heteroatoms. The lowest BCUT2D eigenvalue weighted by Gasteiger charge is -2.36. The summed E-state index contributed by atoms with van der Waals surface area (Å²) in [5.74, 6) is 0. The monoisotopic (exact) mass is 246 g/mol. The molecule has 0 amide bonds. The molecular weight excluding hydrogens is 228 g/mol. The Morgan fingerprint density at radius 1 is 1.69 bits per heavy atom. The first-order valence-electron chi connectivity index (χ1n) is 5.61. The fourth-order valence-corrected chi connectivity index (χ4v) is 3.22. The maximum absolute atomic E-state index is 9.83. The quantitative estimate of drug-likeness (QED) is 0.636. The zero-order chi connectivity index (χ0) is 11.7. The first-order chi connectivity index (χ1) is 7.61. The summed E-state index contributed by atoms with van der Waals surface area (Å²) in [6, 6.07) is 0.0975. The van der Waals surface area contributed by atoms with E-state index in [1.54, 1.807) is 6.92 Å². The summed E-state index contributed by atoms with van der Waals surface area (Å²) in [7, 11) is 0. The highest BCUT2D eigenvalue weighted by Gasteiger charge is 2.44. The molecule has 2 aliphatic heterocycles. The Hall–Kier alpha value is -0.300. The van der Waals surface area contributed by atoms with Gasteiger partial charge in [-0.3, -0.25) is 4.99 Å². The van der Waals surface area contributed by atoms with E-state index in [0.29, 0.717) is 6.42 Å². The van der Waals surface area contributed by atoms with Crippen LogP contribution in [0.15, 0.2) is 4.99 Å². The van der Waals surface area contributed by atoms with Crippen molar-refractivity contribution in [2.75, 3.05) is 6.54 Å². The first-order valence-corrected chi connectivity index (χ1v) is 6.49. The molecule has 16 heavy (non-hydrogen) atoms. The molecule has 3 N–H and O–H groups in total. The fourth-order valence-electron chi connectivity index (χ4n) is 2.05. The number of thioether (sulfide) groups is 1. The van der Waals surface area contributed by atoms with E-state index < -0.39 is 18.3 Å². The molecule has 2 saturated heterocycles. The number of fused-ring (bicyclic) bond motifs is 1. The van der Waals surface area contributed by atoms with Crippen LogP contribution in [0.3, 0.4) is 0 Å². The minimum atomic E-state index is -0.649. The highest BCUT2D eigenvalue weighted by Crippen LogP contribution is 2.34. The molecule has 92 valence electrons. The van der Waals surface area contributed by atoms with Gasteiger partial charge in [0.25, 0.3) is 0 Å². The zero-order valence-corrected chi connectivity index (χ0v) is 10.3. The van der Waals surface area contributed by atoms with E-state index in [2.05, 4.69) is 10.3 Å². The molecule has 2 aliphatic rings. The average Bonchev–Trinajstić information content (AvgIpc) is 2.58. The molecule has 0 saturated carbocycles. The molecule has 0 spiro atoms. The van der Waals surface area contributed by atoms with Crippen molar-refractivity contribution < 1.29 is 14.9 Å². The summed E-state index contributed by atoms with van der Waals surface area (Å²) < 4.78 is 5.68. The van der Waals surface area contributed by atoms with Gasteiger partial charge in [-0.2, -0.15) is 0 Å². The number of hydrogen-bond donors (Lipinski definition) is 3. The van der Waals surface area contributed by atoms with Crippen molar-refractivity contribution in [1.29, 1.82) is 0 Å². The van der Waals surface area contributed by atoms with Gasteiger partial charge in [0.05, 0.1) is 18.2 Å². The number of ether oxygens (including phenoxy) is 1. The number of nitrogens with zero attached hydrogens (tertiary/aromatic N) is 1. The van der Waals surface area contributed by atoms with Crippen molar-refractivity contribution in [2.24, 2.45) is 4.99 Å². The Labute approximate surface area is 99.3 Å². The average molecular weight is 246 g/mol. The van der Waals surface area contributed by atoms with E-state index in [1.807, 2.05) is 6.92 Å². The molecule has 2 rings (SSSR count). The minimum Gasteiger partial charge on any atom is -0.391 e. The summed E-state index contributed by atoms with van der Waals surface area (Å²) >= 11 is 1.54. The largest absolute Gasteiger partial charge is 0.391 e. The molecule has 0 bridgehead atoms. The van der Waals surface area contributed by atoms with Gasteiger partial charge in [0, 0.05) is 6.54 Å². The summed E-state index contributed by atoms with van der Waals surface area (Å²) in [6.45, 7) is 4.35. The van der Waals surface area contributed by atoms with Crippen molar-refractivity contribution in [3.05, 3.63) is 0 Å². The van der Waals surface area contributed by atoms with Crippen LogP contribution in [-0.2, 0) is 4.74 Å². The van der Waals surface area contributed by atoms with Gasteiger partial charge >= 0.3 is 0 Å². The molecule has 4 unspecified atom stereocenters. The second-order valence-electron chi connectivity index (χ2n) is 4.16. The Kier molecular flexibility index (Phi) is 3.73. The highest BCUT2D eigenvalue weighted by molar-refractivity contribution is 8.14. The zero-order valence-electron chi connectivity index (χ0n) is 9.46. The molecule has 0 aromatic heterocycles. The smallest absolute Gasteiger partial charge is 0.159 e. The number of aliphatic hydroxyl groups is 2. The number of aliphatic imine (C=N–C) groups is 1. The lowest BCUT2D eigenvalue weighted by molar-refractivity contribution is -0.138. The second-order valence-corrected chi connectivity index (χ2v) is 5.25. The van der Waals surface area contributed by atoms with Crippen LogP contribution in [0.25, 0.3) is 0 Å². The van der Waals surface area contributed by atoms with Crippen molar-refractivity contribution in [1.82, 2.24) is 5.32 Å². The Morgan fingerprint density at radius 2 is 2.44 bits per heavy atom. The molecular formula is C10H18N2O3S. The maximum Gasteiger partial charge on any atom is 0.159 e. The third kappa shape index (κ3) is 2.34. The van der Waals surface area contributed by atoms with E-state index in [9.17, 15) is 10.2 Å². The van der Waals surface area contributed by atoms with E-state index in [1.165, 1.54) is 11.8 Å². The van der Waals surface area contributed by atoms with Crippen LogP contribution in [0.1, 0.15) is 20.3 Å². The molecule has 5 nitrogen and oxygen atoms in total. The van der Waals surface area contributed by atoms with Gasteiger partial charge < -0.3 is 20.3 Å². The second kappa shape index (κ2) is 4.91. The van der Waals surface area contributed by atoms with Gasteiger partial charge in [-0.15, -0.1) is 0 Å². The SMILES string of the molecule is CCN=C1NC2CC(O)C([C@@H](C)O)OC2S1. The van der Waals surface area contributed by atoms with Crippen molar-refractivity contribution >= 4 is 16.9 Å². The minimum absolute atomic E-state index is 0.0479. The van der Waals surface area contributed by atoms with Gasteiger partial charge in [0.1, 0.15) is 11.5 Å². The van der Waals surface area contributed by atoms with Crippen LogP contribution in [0.4, 0.5) is 0 Å². The van der Waals surface area contributed by atoms with E-state index >= 15 is 0 Å². The summed E-state index contributed by atoms with van der Waals surface area (Å²) in [4.78, 5) is 4.29. The number of amidine groups is 1. The molecule has 2 fully saturated rings. The first kappa shape index (κ1) is 12.2. The van der Waals surface area contributed by atoms with Crippen LogP contribution in [0.5, 0.6) is 0 Å². The topological polar surface area (TPSA) is 74.1 Å². The van der Waals surface area contributed by atoms with Crippen molar-refractivity contribution in [3.63, 3.8) is 0 Å². The summed E-state index contributed by atoms with van der Waals surface area (Å²) in [6.07, 6.45) is -1.16. The van der Waals surface area contributed by atoms with Gasteiger partial charge in [-0.1, -0.05) is 11.8 Å². The van der Waals surface area contributed by atoms with Crippen LogP contribution in [0, 0.1) is 0 Å². The van der Waals surface area contributed by atoms with Gasteiger partial charge in [0.15, 0.2) is 5.17 Å². The molecule has 0 radical (unpaired) electrons. The van der Waals surface area contributed by atoms with Crippen LogP contribution in [0.2, 0.25) is 0 Å². The summed E-state index contributed by atoms with van der Waals surface area (Å²) in [5, 5.41) is 23.4. The standard InChI is InChI=1S/C10H18N2O3S/c1-3-11-10-12-6-4-7(14)8(5(2)13)15-9(6)16-10/h5-9,13-14H,3-4H2,1-2H3,(H,11,12)/t5-,6?,7?,8?,9?/m1/s1. The molecule has 0 aliphatic carbocycles. The fraction of sp³-hybridized carbons (Fsp3) is 0.900. The van der Waals surface area contributed by atoms with E-state index in [4.69, 9.17) is 4.74 Å². The van der Waals surface area contributed by atoms with E-state index in [-0.39, 0.29) is 11.5 Å². The van der Waals surface area contributed by atoms with Gasteiger partial charge in [0.2, 0.25) is 0 Å². The lowest BCUT2D eigenvalue weighted by Crippen LogP contribution is -2.51. The molecule has 0 aromatic rings. The Morgan fingerprint density at radius 3 is 3.06 bits per heavy atom. The molecule has 0 aromatic carbocycles. The van der Waals surface area contributed by atoms with Crippen LogP contribution >= 0.6 is 11.8 Å².